The van der Waals surface area contributed by atoms with E-state index in [4.69, 9.17) is 4.74 Å². The quantitative estimate of drug-likeness (QED) is 0.893. The van der Waals surface area contributed by atoms with Gasteiger partial charge in [0.2, 0.25) is 0 Å². The molecule has 0 bridgehead atoms. The van der Waals surface area contributed by atoms with E-state index >= 15 is 0 Å². The Labute approximate surface area is 120 Å². The molecule has 1 rings (SSSR count). The highest BCUT2D eigenvalue weighted by Crippen LogP contribution is 2.21. The first-order valence-corrected chi connectivity index (χ1v) is 6.58. The normalized spacial score (nSPS) is 12.9. The number of rotatable bonds is 3. The third-order valence-electron chi connectivity index (χ3n) is 2.17. The Hall–Kier alpha value is -1.14. The summed E-state index contributed by atoms with van der Waals surface area (Å²) in [6.07, 6.45) is -1.53. The highest BCUT2D eigenvalue weighted by molar-refractivity contribution is 9.10. The summed E-state index contributed by atoms with van der Waals surface area (Å²) in [5.74, 6) is -0.406. The maximum absolute atomic E-state index is 13.0. The minimum absolute atomic E-state index is 0.00696. The van der Waals surface area contributed by atoms with Crippen molar-refractivity contribution in [3.05, 3.63) is 34.1 Å². The lowest BCUT2D eigenvalue weighted by Crippen LogP contribution is -2.34. The van der Waals surface area contributed by atoms with E-state index < -0.39 is 23.6 Å². The molecule has 1 atom stereocenters. The molecule has 0 heterocycles. The number of aliphatic hydroxyl groups excluding tert-OH is 1. The molecule has 0 spiro atoms. The summed E-state index contributed by atoms with van der Waals surface area (Å²) in [5, 5.41) is 12.3. The first-order chi connectivity index (χ1) is 8.69. The molecule has 0 radical (unpaired) electrons. The smallest absolute Gasteiger partial charge is 0.407 e. The van der Waals surface area contributed by atoms with Gasteiger partial charge >= 0.3 is 6.09 Å². The van der Waals surface area contributed by atoms with E-state index in [0.29, 0.717) is 5.56 Å². The fraction of sp³-hybridized carbons (Fsp3) is 0.462. The standard InChI is InChI=1S/C13H17BrFNO3/c1-13(2,3)19-12(18)16-7-11(17)8-4-5-10(15)9(14)6-8/h4-6,11,17H,7H2,1-3H3,(H,16,18)/t11-/m0/s1. The average molecular weight is 334 g/mol. The Balaban J connectivity index is 2.53. The van der Waals surface area contributed by atoms with E-state index in [1.165, 1.54) is 18.2 Å². The van der Waals surface area contributed by atoms with Crippen LogP contribution in [0.25, 0.3) is 0 Å². The van der Waals surface area contributed by atoms with Crippen molar-refractivity contribution in [2.24, 2.45) is 0 Å². The zero-order chi connectivity index (χ0) is 14.6. The molecule has 19 heavy (non-hydrogen) atoms. The fourth-order valence-corrected chi connectivity index (χ4v) is 1.73. The minimum Gasteiger partial charge on any atom is -0.444 e. The Morgan fingerprint density at radius 2 is 2.16 bits per heavy atom. The molecule has 0 aliphatic carbocycles. The first kappa shape index (κ1) is 15.9. The lowest BCUT2D eigenvalue weighted by atomic mass is 10.1. The van der Waals surface area contributed by atoms with Gasteiger partial charge in [-0.2, -0.15) is 0 Å². The van der Waals surface area contributed by atoms with Gasteiger partial charge in [0.05, 0.1) is 17.1 Å². The molecule has 2 N–H and O–H groups in total. The maximum atomic E-state index is 13.0. The largest absolute Gasteiger partial charge is 0.444 e. The van der Waals surface area contributed by atoms with E-state index in [9.17, 15) is 14.3 Å². The van der Waals surface area contributed by atoms with Crippen molar-refractivity contribution in [3.63, 3.8) is 0 Å². The Morgan fingerprint density at radius 3 is 2.68 bits per heavy atom. The molecule has 0 aliphatic heterocycles. The third kappa shape index (κ3) is 5.57. The topological polar surface area (TPSA) is 58.6 Å². The molecular formula is C13H17BrFNO3. The predicted molar refractivity (Wildman–Crippen MR) is 73.3 cm³/mol. The molecule has 0 fully saturated rings. The summed E-state index contributed by atoms with van der Waals surface area (Å²) < 4.78 is 18.3. The molecule has 106 valence electrons. The van der Waals surface area contributed by atoms with Gasteiger partial charge in [-0.1, -0.05) is 6.07 Å². The summed E-state index contributed by atoms with van der Waals surface area (Å²) >= 11 is 3.04. The molecule has 4 nitrogen and oxygen atoms in total. The lowest BCUT2D eigenvalue weighted by molar-refractivity contribution is 0.0491. The second-order valence-electron chi connectivity index (χ2n) is 5.07. The number of carbonyl (C=O) groups excluding carboxylic acids is 1. The average Bonchev–Trinajstić information content (AvgIpc) is 2.27. The minimum atomic E-state index is -0.926. The van der Waals surface area contributed by atoms with Crippen LogP contribution >= 0.6 is 15.9 Å². The molecule has 1 aromatic carbocycles. The molecule has 1 amide bonds. The molecule has 6 heteroatoms. The molecule has 0 aromatic heterocycles. The van der Waals surface area contributed by atoms with Crippen molar-refractivity contribution in [1.82, 2.24) is 5.32 Å². The van der Waals surface area contributed by atoms with E-state index in [2.05, 4.69) is 21.2 Å². The first-order valence-electron chi connectivity index (χ1n) is 5.79. The van der Waals surface area contributed by atoms with Gasteiger partial charge in [0.1, 0.15) is 11.4 Å². The molecule has 0 saturated heterocycles. The van der Waals surface area contributed by atoms with Gasteiger partial charge in [-0.25, -0.2) is 9.18 Å². The predicted octanol–water partition coefficient (Wildman–Crippen LogP) is 3.15. The van der Waals surface area contributed by atoms with Crippen LogP contribution in [0.15, 0.2) is 22.7 Å². The zero-order valence-electron chi connectivity index (χ0n) is 11.0. The highest BCUT2D eigenvalue weighted by atomic mass is 79.9. The van der Waals surface area contributed by atoms with Crippen LogP contribution in [-0.2, 0) is 4.74 Å². The van der Waals surface area contributed by atoms with E-state index in [1.54, 1.807) is 20.8 Å². The SMILES string of the molecule is CC(C)(C)OC(=O)NC[C@H](O)c1ccc(F)c(Br)c1. The van der Waals surface area contributed by atoms with Crippen molar-refractivity contribution >= 4 is 22.0 Å². The summed E-state index contributed by atoms with van der Waals surface area (Å²) in [6, 6.07) is 4.18. The van der Waals surface area contributed by atoms with Gasteiger partial charge in [-0.3, -0.25) is 0 Å². The number of ether oxygens (including phenoxy) is 1. The summed E-state index contributed by atoms with van der Waals surface area (Å²) in [4.78, 5) is 11.4. The van der Waals surface area contributed by atoms with E-state index in [1.807, 2.05) is 0 Å². The monoisotopic (exact) mass is 333 g/mol. The second-order valence-corrected chi connectivity index (χ2v) is 5.93. The summed E-state index contributed by atoms with van der Waals surface area (Å²) in [6.45, 7) is 5.24. The maximum Gasteiger partial charge on any atom is 0.407 e. The van der Waals surface area contributed by atoms with Crippen LogP contribution in [0.2, 0.25) is 0 Å². The Morgan fingerprint density at radius 1 is 1.53 bits per heavy atom. The number of carbonyl (C=O) groups is 1. The van der Waals surface area contributed by atoms with Crippen LogP contribution in [0.3, 0.4) is 0 Å². The van der Waals surface area contributed by atoms with Crippen LogP contribution in [0.4, 0.5) is 9.18 Å². The summed E-state index contributed by atoms with van der Waals surface area (Å²) in [5.41, 5.74) is -0.0853. The van der Waals surface area contributed by atoms with Gasteiger partial charge in [0, 0.05) is 0 Å². The third-order valence-corrected chi connectivity index (χ3v) is 2.77. The van der Waals surface area contributed by atoms with Crippen LogP contribution < -0.4 is 5.32 Å². The molecule has 0 aliphatic rings. The van der Waals surface area contributed by atoms with Gasteiger partial charge < -0.3 is 15.2 Å². The second kappa shape index (κ2) is 6.34. The molecule has 0 saturated carbocycles. The van der Waals surface area contributed by atoms with Crippen molar-refractivity contribution < 1.29 is 19.0 Å². The number of aliphatic hydroxyl groups is 1. The number of hydrogen-bond donors (Lipinski definition) is 2. The van der Waals surface area contributed by atoms with Crippen LogP contribution in [-0.4, -0.2) is 23.3 Å². The highest BCUT2D eigenvalue weighted by Gasteiger charge is 2.17. The van der Waals surface area contributed by atoms with Gasteiger partial charge in [0.15, 0.2) is 0 Å². The van der Waals surface area contributed by atoms with E-state index in [-0.39, 0.29) is 11.0 Å². The zero-order valence-corrected chi connectivity index (χ0v) is 12.6. The number of benzene rings is 1. The van der Waals surface area contributed by atoms with Crippen LogP contribution in [0.5, 0.6) is 0 Å². The number of amides is 1. The number of nitrogens with one attached hydrogen (secondary N) is 1. The van der Waals surface area contributed by atoms with Crippen molar-refractivity contribution in [2.45, 2.75) is 32.5 Å². The van der Waals surface area contributed by atoms with Crippen molar-refractivity contribution in [3.8, 4) is 0 Å². The van der Waals surface area contributed by atoms with Crippen LogP contribution in [0.1, 0.15) is 32.4 Å². The number of alkyl carbamates (subject to hydrolysis) is 1. The van der Waals surface area contributed by atoms with E-state index in [0.717, 1.165) is 0 Å². The van der Waals surface area contributed by atoms with Crippen molar-refractivity contribution in [2.75, 3.05) is 6.54 Å². The summed E-state index contributed by atoms with van der Waals surface area (Å²) in [7, 11) is 0. The lowest BCUT2D eigenvalue weighted by Gasteiger charge is -2.20. The molecule has 0 unspecified atom stereocenters. The van der Waals surface area contributed by atoms with Gasteiger partial charge in [0.25, 0.3) is 0 Å². The Bertz CT molecular complexity index is 460. The van der Waals surface area contributed by atoms with Gasteiger partial charge in [-0.05, 0) is 54.4 Å². The van der Waals surface area contributed by atoms with Gasteiger partial charge in [-0.15, -0.1) is 0 Å². The number of hydrogen-bond acceptors (Lipinski definition) is 3. The number of halogens is 2. The fourth-order valence-electron chi connectivity index (χ4n) is 1.33. The van der Waals surface area contributed by atoms with Crippen LogP contribution in [0, 0.1) is 5.82 Å². The van der Waals surface area contributed by atoms with Crippen molar-refractivity contribution in [1.29, 1.82) is 0 Å². The molecular weight excluding hydrogens is 317 g/mol. The Kier molecular flexibility index (Phi) is 5.31. The molecule has 1 aromatic rings.